The lowest BCUT2D eigenvalue weighted by Gasteiger charge is -2.26. The van der Waals surface area contributed by atoms with E-state index in [9.17, 15) is 9.59 Å². The molecule has 1 fully saturated rings. The zero-order chi connectivity index (χ0) is 13.4. The Morgan fingerprint density at radius 3 is 2.67 bits per heavy atom. The predicted molar refractivity (Wildman–Crippen MR) is 71.2 cm³/mol. The fourth-order valence-electron chi connectivity index (χ4n) is 2.24. The number of nitrogens with zero attached hydrogens (tertiary/aromatic N) is 1. The van der Waals surface area contributed by atoms with E-state index in [4.69, 9.17) is 0 Å². The Kier molecular flexibility index (Phi) is 6.72. The van der Waals surface area contributed by atoms with Crippen LogP contribution in [-0.2, 0) is 9.59 Å². The second kappa shape index (κ2) is 8.08. The molecule has 0 spiro atoms. The van der Waals surface area contributed by atoms with E-state index in [0.29, 0.717) is 19.5 Å². The molecule has 104 valence electrons. The van der Waals surface area contributed by atoms with Crippen LogP contribution in [0.4, 0.5) is 0 Å². The molecule has 0 aliphatic carbocycles. The van der Waals surface area contributed by atoms with Crippen molar-refractivity contribution in [3.63, 3.8) is 0 Å². The van der Waals surface area contributed by atoms with E-state index in [1.54, 1.807) is 4.90 Å². The van der Waals surface area contributed by atoms with E-state index in [1.165, 1.54) is 12.8 Å². The summed E-state index contributed by atoms with van der Waals surface area (Å²) in [5, 5.41) is 6.08. The van der Waals surface area contributed by atoms with Crippen LogP contribution in [-0.4, -0.2) is 48.9 Å². The maximum Gasteiger partial charge on any atom is 0.239 e. The Hall–Kier alpha value is -1.10. The highest BCUT2D eigenvalue weighted by Crippen LogP contribution is 2.11. The van der Waals surface area contributed by atoms with Crippen LogP contribution in [0.1, 0.15) is 39.5 Å². The Morgan fingerprint density at radius 1 is 1.33 bits per heavy atom. The molecule has 1 aliphatic heterocycles. The number of amides is 2. The lowest BCUT2D eigenvalue weighted by atomic mass is 10.0. The fourth-order valence-corrected chi connectivity index (χ4v) is 2.24. The van der Waals surface area contributed by atoms with Gasteiger partial charge in [-0.25, -0.2) is 0 Å². The molecule has 0 aromatic carbocycles. The van der Waals surface area contributed by atoms with Gasteiger partial charge in [0.1, 0.15) is 0 Å². The van der Waals surface area contributed by atoms with Gasteiger partial charge in [-0.1, -0.05) is 6.42 Å². The Bertz CT molecular complexity index is 275. The van der Waals surface area contributed by atoms with Crippen LogP contribution in [0, 0.1) is 0 Å². The first-order valence-corrected chi connectivity index (χ1v) is 6.95. The molecule has 0 aromatic heterocycles. The molecule has 1 rings (SSSR count). The Balaban J connectivity index is 2.38. The maximum atomic E-state index is 12.1. The molecule has 0 aromatic rings. The van der Waals surface area contributed by atoms with Crippen LogP contribution in [0.5, 0.6) is 0 Å². The second-order valence-corrected chi connectivity index (χ2v) is 4.71. The summed E-state index contributed by atoms with van der Waals surface area (Å²) in [6.07, 6.45) is 3.95. The molecule has 0 saturated carbocycles. The topological polar surface area (TPSA) is 61.4 Å². The number of hydrogen-bond acceptors (Lipinski definition) is 3. The number of piperidine rings is 1. The highest BCUT2D eigenvalue weighted by Gasteiger charge is 2.21. The van der Waals surface area contributed by atoms with Gasteiger partial charge in [-0.15, -0.1) is 0 Å². The standard InChI is InChI=1S/C13H25N3O2/c1-3-14-12(17)10-16(4-2)13(18)9-11-7-5-6-8-15-11/h11,15H,3-10H2,1-2H3,(H,14,17). The number of carbonyl (C=O) groups excluding carboxylic acids is 2. The summed E-state index contributed by atoms with van der Waals surface area (Å²) in [5.41, 5.74) is 0. The monoisotopic (exact) mass is 255 g/mol. The minimum atomic E-state index is -0.0793. The third kappa shape index (κ3) is 5.04. The molecule has 0 radical (unpaired) electrons. The molecule has 1 saturated heterocycles. The van der Waals surface area contributed by atoms with Crippen LogP contribution in [0.25, 0.3) is 0 Å². The molecule has 5 heteroatoms. The van der Waals surface area contributed by atoms with Crippen LogP contribution < -0.4 is 10.6 Å². The van der Waals surface area contributed by atoms with Crippen molar-refractivity contribution in [2.75, 3.05) is 26.2 Å². The quantitative estimate of drug-likeness (QED) is 0.726. The normalized spacial score (nSPS) is 19.3. The second-order valence-electron chi connectivity index (χ2n) is 4.71. The van der Waals surface area contributed by atoms with Crippen molar-refractivity contribution in [1.82, 2.24) is 15.5 Å². The van der Waals surface area contributed by atoms with Crippen molar-refractivity contribution in [2.24, 2.45) is 0 Å². The number of carbonyl (C=O) groups is 2. The number of hydrogen-bond donors (Lipinski definition) is 2. The Morgan fingerprint density at radius 2 is 2.11 bits per heavy atom. The first kappa shape index (κ1) is 15.0. The molecule has 1 atom stereocenters. The third-order valence-electron chi connectivity index (χ3n) is 3.28. The van der Waals surface area contributed by atoms with E-state index in [2.05, 4.69) is 10.6 Å². The molecule has 1 heterocycles. The van der Waals surface area contributed by atoms with Gasteiger partial charge in [0.15, 0.2) is 0 Å². The van der Waals surface area contributed by atoms with Gasteiger partial charge in [-0.05, 0) is 33.2 Å². The fraction of sp³-hybridized carbons (Fsp3) is 0.846. The van der Waals surface area contributed by atoms with Crippen LogP contribution >= 0.6 is 0 Å². The summed E-state index contributed by atoms with van der Waals surface area (Å²) < 4.78 is 0. The van der Waals surface area contributed by atoms with Gasteiger partial charge in [0.05, 0.1) is 6.54 Å². The zero-order valence-electron chi connectivity index (χ0n) is 11.5. The van der Waals surface area contributed by atoms with Crippen LogP contribution in [0.3, 0.4) is 0 Å². The van der Waals surface area contributed by atoms with Gasteiger partial charge in [0, 0.05) is 25.6 Å². The summed E-state index contributed by atoms with van der Waals surface area (Å²) >= 11 is 0. The van der Waals surface area contributed by atoms with E-state index in [-0.39, 0.29) is 24.4 Å². The highest BCUT2D eigenvalue weighted by molar-refractivity contribution is 5.85. The molecule has 2 amide bonds. The van der Waals surface area contributed by atoms with Gasteiger partial charge in [-0.3, -0.25) is 9.59 Å². The summed E-state index contributed by atoms with van der Waals surface area (Å²) in [4.78, 5) is 25.2. The minimum Gasteiger partial charge on any atom is -0.355 e. The summed E-state index contributed by atoms with van der Waals surface area (Å²) in [7, 11) is 0. The van der Waals surface area contributed by atoms with E-state index in [1.807, 2.05) is 13.8 Å². The molecule has 0 bridgehead atoms. The molecular formula is C13H25N3O2. The average molecular weight is 255 g/mol. The SMILES string of the molecule is CCNC(=O)CN(CC)C(=O)CC1CCCCN1. The van der Waals surface area contributed by atoms with Crippen molar-refractivity contribution in [1.29, 1.82) is 0 Å². The highest BCUT2D eigenvalue weighted by atomic mass is 16.2. The molecule has 2 N–H and O–H groups in total. The molecule has 18 heavy (non-hydrogen) atoms. The van der Waals surface area contributed by atoms with Gasteiger partial charge in [0.25, 0.3) is 0 Å². The largest absolute Gasteiger partial charge is 0.355 e. The zero-order valence-corrected chi connectivity index (χ0v) is 11.5. The van der Waals surface area contributed by atoms with Gasteiger partial charge >= 0.3 is 0 Å². The van der Waals surface area contributed by atoms with Gasteiger partial charge in [0.2, 0.25) is 11.8 Å². The van der Waals surface area contributed by atoms with E-state index in [0.717, 1.165) is 13.0 Å². The lowest BCUT2D eigenvalue weighted by Crippen LogP contribution is -2.44. The lowest BCUT2D eigenvalue weighted by molar-refractivity contribution is -0.136. The smallest absolute Gasteiger partial charge is 0.239 e. The summed E-state index contributed by atoms with van der Waals surface area (Å²) in [5.74, 6) is -0.00698. The van der Waals surface area contributed by atoms with Crippen molar-refractivity contribution < 1.29 is 9.59 Å². The first-order chi connectivity index (χ1) is 8.67. The van der Waals surface area contributed by atoms with E-state index >= 15 is 0 Å². The minimum absolute atomic E-state index is 0.0724. The molecule has 1 unspecified atom stereocenters. The number of nitrogens with one attached hydrogen (secondary N) is 2. The van der Waals surface area contributed by atoms with Crippen molar-refractivity contribution in [2.45, 2.75) is 45.6 Å². The summed E-state index contributed by atoms with van der Waals surface area (Å²) in [6, 6.07) is 0.287. The van der Waals surface area contributed by atoms with Gasteiger partial charge in [-0.2, -0.15) is 0 Å². The maximum absolute atomic E-state index is 12.1. The third-order valence-corrected chi connectivity index (χ3v) is 3.28. The van der Waals surface area contributed by atoms with Crippen LogP contribution in [0.15, 0.2) is 0 Å². The first-order valence-electron chi connectivity index (χ1n) is 6.95. The van der Waals surface area contributed by atoms with Crippen molar-refractivity contribution in [3.05, 3.63) is 0 Å². The summed E-state index contributed by atoms with van der Waals surface area (Å²) in [6.45, 7) is 6.15. The predicted octanol–water partition coefficient (Wildman–Crippen LogP) is 0.503. The average Bonchev–Trinajstić information content (AvgIpc) is 2.37. The van der Waals surface area contributed by atoms with E-state index < -0.39 is 0 Å². The number of likely N-dealkylation sites (N-methyl/N-ethyl adjacent to an activating group) is 2. The molecule has 1 aliphatic rings. The van der Waals surface area contributed by atoms with Gasteiger partial charge < -0.3 is 15.5 Å². The molecule has 5 nitrogen and oxygen atoms in total. The van der Waals surface area contributed by atoms with Crippen LogP contribution in [0.2, 0.25) is 0 Å². The number of rotatable bonds is 6. The Labute approximate surface area is 109 Å². The van der Waals surface area contributed by atoms with Crippen molar-refractivity contribution in [3.8, 4) is 0 Å². The van der Waals surface area contributed by atoms with Crippen molar-refractivity contribution >= 4 is 11.8 Å². The molecular weight excluding hydrogens is 230 g/mol.